The van der Waals surface area contributed by atoms with E-state index in [4.69, 9.17) is 0 Å². The van der Waals surface area contributed by atoms with E-state index in [1.807, 2.05) is 30.2 Å². The van der Waals surface area contributed by atoms with Gasteiger partial charge >= 0.3 is 0 Å². The van der Waals surface area contributed by atoms with Crippen LogP contribution in [-0.4, -0.2) is 26.3 Å². The van der Waals surface area contributed by atoms with Crippen molar-refractivity contribution in [3.05, 3.63) is 42.2 Å². The number of aryl methyl sites for hydroxylation is 1. The standard InChI is InChI=1S/C12H17N5/c1-3-5-15-12(10-7-13-9-14-8-10)11-4-6-16-17(11)2/h4,6-9,12,15H,3,5H2,1-2H3. The zero-order chi connectivity index (χ0) is 12.1. The minimum atomic E-state index is 0.101. The maximum atomic E-state index is 4.21. The Kier molecular flexibility index (Phi) is 3.82. The lowest BCUT2D eigenvalue weighted by Gasteiger charge is -2.18. The zero-order valence-corrected chi connectivity index (χ0v) is 10.2. The Balaban J connectivity index is 2.29. The molecular weight excluding hydrogens is 214 g/mol. The molecule has 2 rings (SSSR count). The van der Waals surface area contributed by atoms with Crippen molar-refractivity contribution in [2.24, 2.45) is 7.05 Å². The monoisotopic (exact) mass is 231 g/mol. The summed E-state index contributed by atoms with van der Waals surface area (Å²) >= 11 is 0. The number of nitrogens with one attached hydrogen (secondary N) is 1. The molecule has 1 N–H and O–H groups in total. The molecule has 0 aromatic carbocycles. The predicted molar refractivity (Wildman–Crippen MR) is 65.4 cm³/mol. The highest BCUT2D eigenvalue weighted by molar-refractivity contribution is 5.22. The average molecular weight is 231 g/mol. The molecule has 17 heavy (non-hydrogen) atoms. The fraction of sp³-hybridized carbons (Fsp3) is 0.417. The maximum absolute atomic E-state index is 4.21. The number of hydrogen-bond acceptors (Lipinski definition) is 4. The number of hydrogen-bond donors (Lipinski definition) is 1. The Morgan fingerprint density at radius 3 is 2.71 bits per heavy atom. The van der Waals surface area contributed by atoms with Crippen molar-refractivity contribution in [1.82, 2.24) is 25.1 Å². The fourth-order valence-corrected chi connectivity index (χ4v) is 1.81. The number of nitrogens with zero attached hydrogens (tertiary/aromatic N) is 4. The Morgan fingerprint density at radius 1 is 1.35 bits per heavy atom. The predicted octanol–water partition coefficient (Wildman–Crippen LogP) is 1.30. The zero-order valence-electron chi connectivity index (χ0n) is 10.2. The van der Waals surface area contributed by atoms with Crippen LogP contribution in [0.1, 0.15) is 30.6 Å². The van der Waals surface area contributed by atoms with Gasteiger partial charge in [0, 0.05) is 31.2 Å². The van der Waals surface area contributed by atoms with E-state index in [0.29, 0.717) is 0 Å². The third-order valence-electron chi connectivity index (χ3n) is 2.67. The van der Waals surface area contributed by atoms with Gasteiger partial charge in [-0.3, -0.25) is 4.68 Å². The van der Waals surface area contributed by atoms with Crippen molar-refractivity contribution in [2.45, 2.75) is 19.4 Å². The van der Waals surface area contributed by atoms with E-state index in [2.05, 4.69) is 27.3 Å². The first-order valence-electron chi connectivity index (χ1n) is 5.79. The summed E-state index contributed by atoms with van der Waals surface area (Å²) in [7, 11) is 1.94. The lowest BCUT2D eigenvalue weighted by atomic mass is 10.1. The minimum Gasteiger partial charge on any atom is -0.305 e. The summed E-state index contributed by atoms with van der Waals surface area (Å²) in [4.78, 5) is 8.14. The van der Waals surface area contributed by atoms with Crippen LogP contribution in [0.5, 0.6) is 0 Å². The molecule has 0 aliphatic carbocycles. The molecule has 1 unspecified atom stereocenters. The van der Waals surface area contributed by atoms with Gasteiger partial charge in [-0.25, -0.2) is 9.97 Å². The summed E-state index contributed by atoms with van der Waals surface area (Å²) < 4.78 is 1.88. The third-order valence-corrected chi connectivity index (χ3v) is 2.67. The quantitative estimate of drug-likeness (QED) is 0.842. The molecule has 2 aromatic heterocycles. The highest BCUT2D eigenvalue weighted by Gasteiger charge is 2.16. The molecule has 1 atom stereocenters. The van der Waals surface area contributed by atoms with Gasteiger partial charge in [0.15, 0.2) is 0 Å². The summed E-state index contributed by atoms with van der Waals surface area (Å²) in [6.45, 7) is 3.10. The van der Waals surface area contributed by atoms with Gasteiger partial charge in [-0.2, -0.15) is 5.10 Å². The molecule has 0 bridgehead atoms. The van der Waals surface area contributed by atoms with E-state index in [0.717, 1.165) is 24.2 Å². The van der Waals surface area contributed by atoms with Crippen molar-refractivity contribution >= 4 is 0 Å². The molecule has 0 aliphatic heterocycles. The molecule has 0 radical (unpaired) electrons. The normalized spacial score (nSPS) is 12.6. The SMILES string of the molecule is CCCNC(c1cncnc1)c1ccnn1C. The first-order chi connectivity index (χ1) is 8.33. The topological polar surface area (TPSA) is 55.6 Å². The molecule has 0 saturated heterocycles. The molecule has 0 spiro atoms. The van der Waals surface area contributed by atoms with Crippen molar-refractivity contribution in [3.63, 3.8) is 0 Å². The van der Waals surface area contributed by atoms with E-state index < -0.39 is 0 Å². The Labute approximate surface area is 101 Å². The first kappa shape index (κ1) is 11.7. The third kappa shape index (κ3) is 2.68. The van der Waals surface area contributed by atoms with Gasteiger partial charge < -0.3 is 5.32 Å². The second kappa shape index (κ2) is 5.54. The summed E-state index contributed by atoms with van der Waals surface area (Å²) in [5.74, 6) is 0. The minimum absolute atomic E-state index is 0.101. The molecule has 5 nitrogen and oxygen atoms in total. The summed E-state index contributed by atoms with van der Waals surface area (Å²) in [5, 5.41) is 7.70. The molecule has 0 fully saturated rings. The summed E-state index contributed by atoms with van der Waals surface area (Å²) in [5.41, 5.74) is 2.18. The van der Waals surface area contributed by atoms with Gasteiger partial charge in [-0.1, -0.05) is 6.92 Å². The van der Waals surface area contributed by atoms with Crippen LogP contribution in [0, 0.1) is 0 Å². The molecule has 2 heterocycles. The van der Waals surface area contributed by atoms with Crippen LogP contribution in [0.2, 0.25) is 0 Å². The highest BCUT2D eigenvalue weighted by atomic mass is 15.3. The highest BCUT2D eigenvalue weighted by Crippen LogP contribution is 2.19. The molecule has 2 aromatic rings. The molecule has 90 valence electrons. The van der Waals surface area contributed by atoms with E-state index in [1.165, 1.54) is 0 Å². The van der Waals surface area contributed by atoms with Crippen LogP contribution in [0.15, 0.2) is 31.0 Å². The fourth-order valence-electron chi connectivity index (χ4n) is 1.81. The van der Waals surface area contributed by atoms with E-state index in [-0.39, 0.29) is 6.04 Å². The van der Waals surface area contributed by atoms with Gasteiger partial charge in [-0.05, 0) is 19.0 Å². The maximum Gasteiger partial charge on any atom is 0.115 e. The van der Waals surface area contributed by atoms with Crippen molar-refractivity contribution in [2.75, 3.05) is 6.54 Å². The largest absolute Gasteiger partial charge is 0.305 e. The Bertz CT molecular complexity index is 451. The molecule has 0 saturated carbocycles. The molecule has 0 amide bonds. The van der Waals surface area contributed by atoms with E-state index >= 15 is 0 Å². The van der Waals surface area contributed by atoms with Crippen LogP contribution < -0.4 is 5.32 Å². The van der Waals surface area contributed by atoms with Gasteiger partial charge in [-0.15, -0.1) is 0 Å². The average Bonchev–Trinajstić information content (AvgIpc) is 2.78. The first-order valence-corrected chi connectivity index (χ1v) is 5.79. The molecule has 0 aliphatic rings. The van der Waals surface area contributed by atoms with Crippen molar-refractivity contribution in [3.8, 4) is 0 Å². The Morgan fingerprint density at radius 2 is 2.12 bits per heavy atom. The van der Waals surface area contributed by atoms with E-state index in [9.17, 15) is 0 Å². The summed E-state index contributed by atoms with van der Waals surface area (Å²) in [6, 6.07) is 2.11. The van der Waals surface area contributed by atoms with Crippen LogP contribution in [0.25, 0.3) is 0 Å². The van der Waals surface area contributed by atoms with Gasteiger partial charge in [0.05, 0.1) is 11.7 Å². The van der Waals surface area contributed by atoms with Crippen LogP contribution in [0.3, 0.4) is 0 Å². The van der Waals surface area contributed by atoms with Gasteiger partial charge in [0.2, 0.25) is 0 Å². The lowest BCUT2D eigenvalue weighted by molar-refractivity contribution is 0.551. The lowest BCUT2D eigenvalue weighted by Crippen LogP contribution is -2.25. The second-order valence-electron chi connectivity index (χ2n) is 3.94. The van der Waals surface area contributed by atoms with Crippen LogP contribution in [0.4, 0.5) is 0 Å². The number of aromatic nitrogens is 4. The molecular formula is C12H17N5. The number of rotatable bonds is 5. The smallest absolute Gasteiger partial charge is 0.115 e. The van der Waals surface area contributed by atoms with Gasteiger partial charge in [0.25, 0.3) is 0 Å². The molecule has 5 heteroatoms. The van der Waals surface area contributed by atoms with E-state index in [1.54, 1.807) is 12.5 Å². The second-order valence-corrected chi connectivity index (χ2v) is 3.94. The van der Waals surface area contributed by atoms with Crippen LogP contribution >= 0.6 is 0 Å². The van der Waals surface area contributed by atoms with Crippen molar-refractivity contribution in [1.29, 1.82) is 0 Å². The summed E-state index contributed by atoms with van der Waals surface area (Å²) in [6.07, 6.45) is 8.12. The van der Waals surface area contributed by atoms with Crippen LogP contribution in [-0.2, 0) is 7.05 Å². The Hall–Kier alpha value is -1.75. The van der Waals surface area contributed by atoms with Crippen molar-refractivity contribution < 1.29 is 0 Å². The van der Waals surface area contributed by atoms with Gasteiger partial charge in [0.1, 0.15) is 6.33 Å².